The molecule has 1 fully saturated rings. The number of nitrogens with two attached hydrogens (primary N) is 1. The van der Waals surface area contributed by atoms with Gasteiger partial charge in [0.15, 0.2) is 0 Å². The van der Waals surface area contributed by atoms with Crippen LogP contribution in [0.25, 0.3) is 0 Å². The van der Waals surface area contributed by atoms with Crippen LogP contribution in [0.15, 0.2) is 24.5 Å². The summed E-state index contributed by atoms with van der Waals surface area (Å²) in [5, 5.41) is 0. The molecule has 0 aromatic carbocycles. The average Bonchev–Trinajstić information content (AvgIpc) is 2.53. The third-order valence-corrected chi connectivity index (χ3v) is 2.07. The van der Waals surface area contributed by atoms with Gasteiger partial charge < -0.3 is 5.73 Å². The Hall–Kier alpha value is -0.970. The van der Waals surface area contributed by atoms with Gasteiger partial charge in [-0.3, -0.25) is 10.4 Å². The lowest BCUT2D eigenvalue weighted by molar-refractivity contribution is 0.549. The van der Waals surface area contributed by atoms with E-state index in [4.69, 9.17) is 5.73 Å². The lowest BCUT2D eigenvalue weighted by Crippen LogP contribution is -2.29. The lowest BCUT2D eigenvalue weighted by Gasteiger charge is -2.13. The summed E-state index contributed by atoms with van der Waals surface area (Å²) in [5.41, 5.74) is 13.1. The average molecular weight is 164 g/mol. The molecule has 2 atom stereocenters. The van der Waals surface area contributed by atoms with Crippen LogP contribution in [0.3, 0.4) is 0 Å². The van der Waals surface area contributed by atoms with E-state index in [0.717, 1.165) is 12.1 Å². The zero-order valence-electron chi connectivity index (χ0n) is 6.70. The highest BCUT2D eigenvalue weighted by Gasteiger charge is 2.24. The van der Waals surface area contributed by atoms with Gasteiger partial charge in [-0.05, 0) is 11.6 Å². The van der Waals surface area contributed by atoms with Crippen molar-refractivity contribution in [2.24, 2.45) is 5.73 Å². The van der Waals surface area contributed by atoms with Crippen LogP contribution in [-0.2, 0) is 0 Å². The molecule has 0 saturated carbocycles. The van der Waals surface area contributed by atoms with Gasteiger partial charge in [-0.1, -0.05) is 6.07 Å². The molecule has 2 unspecified atom stereocenters. The summed E-state index contributed by atoms with van der Waals surface area (Å²) in [6, 6.07) is 4.27. The summed E-state index contributed by atoms with van der Waals surface area (Å²) in [7, 11) is 0. The van der Waals surface area contributed by atoms with E-state index in [9.17, 15) is 0 Å². The molecule has 4 heteroatoms. The molecule has 2 rings (SSSR count). The molecule has 0 spiro atoms. The van der Waals surface area contributed by atoms with E-state index >= 15 is 0 Å². The molecule has 64 valence electrons. The summed E-state index contributed by atoms with van der Waals surface area (Å²) in [5.74, 6) is 0. The first-order valence-electron chi connectivity index (χ1n) is 4.02. The molecule has 0 amide bonds. The minimum Gasteiger partial charge on any atom is -0.325 e. The molecule has 4 nitrogen and oxygen atoms in total. The van der Waals surface area contributed by atoms with E-state index in [0.29, 0.717) is 0 Å². The van der Waals surface area contributed by atoms with Crippen LogP contribution in [0.1, 0.15) is 11.6 Å². The fourth-order valence-electron chi connectivity index (χ4n) is 1.40. The van der Waals surface area contributed by atoms with Crippen LogP contribution in [0.2, 0.25) is 0 Å². The lowest BCUT2D eigenvalue weighted by atomic mass is 10.0. The van der Waals surface area contributed by atoms with Crippen molar-refractivity contribution in [3.8, 4) is 0 Å². The minimum atomic E-state index is 0.134. The first kappa shape index (κ1) is 7.67. The number of nitrogens with zero attached hydrogens (tertiary/aromatic N) is 1. The van der Waals surface area contributed by atoms with Crippen molar-refractivity contribution in [3.05, 3.63) is 30.1 Å². The quantitative estimate of drug-likeness (QED) is 0.526. The largest absolute Gasteiger partial charge is 0.325 e. The van der Waals surface area contributed by atoms with Crippen molar-refractivity contribution in [2.75, 3.05) is 6.54 Å². The predicted molar refractivity (Wildman–Crippen MR) is 46.1 cm³/mol. The van der Waals surface area contributed by atoms with Crippen molar-refractivity contribution in [1.82, 2.24) is 15.8 Å². The van der Waals surface area contributed by atoms with E-state index in [1.54, 1.807) is 6.20 Å². The van der Waals surface area contributed by atoms with E-state index in [1.165, 1.54) is 0 Å². The number of pyridine rings is 1. The number of hydrazine groups is 1. The third-order valence-electron chi connectivity index (χ3n) is 2.07. The number of nitrogens with one attached hydrogen (secondary N) is 2. The van der Waals surface area contributed by atoms with Gasteiger partial charge in [0.1, 0.15) is 0 Å². The molecular formula is C8H12N4. The topological polar surface area (TPSA) is 63.0 Å². The zero-order valence-corrected chi connectivity index (χ0v) is 6.70. The number of rotatable bonds is 1. The molecule has 1 aliphatic rings. The highest BCUT2D eigenvalue weighted by atomic mass is 15.4. The maximum atomic E-state index is 5.86. The summed E-state index contributed by atoms with van der Waals surface area (Å²) >= 11 is 0. The van der Waals surface area contributed by atoms with E-state index in [1.807, 2.05) is 18.3 Å². The first-order valence-corrected chi connectivity index (χ1v) is 4.02. The van der Waals surface area contributed by atoms with Crippen LogP contribution < -0.4 is 16.6 Å². The molecule has 2 heterocycles. The summed E-state index contributed by atoms with van der Waals surface area (Å²) in [6.07, 6.45) is 3.60. The Morgan fingerprint density at radius 1 is 1.58 bits per heavy atom. The van der Waals surface area contributed by atoms with Crippen LogP contribution >= 0.6 is 0 Å². The molecule has 4 N–H and O–H groups in total. The van der Waals surface area contributed by atoms with E-state index < -0.39 is 0 Å². The maximum absolute atomic E-state index is 5.86. The van der Waals surface area contributed by atoms with Gasteiger partial charge in [0.05, 0.1) is 6.04 Å². The smallest absolute Gasteiger partial charge is 0.0641 e. The van der Waals surface area contributed by atoms with Gasteiger partial charge in [-0.2, -0.15) is 0 Å². The Balaban J connectivity index is 2.19. The van der Waals surface area contributed by atoms with Gasteiger partial charge in [-0.25, -0.2) is 5.43 Å². The van der Waals surface area contributed by atoms with Gasteiger partial charge in [-0.15, -0.1) is 0 Å². The zero-order chi connectivity index (χ0) is 8.39. The molecule has 12 heavy (non-hydrogen) atoms. The Morgan fingerprint density at radius 3 is 3.08 bits per heavy atom. The highest BCUT2D eigenvalue weighted by Crippen LogP contribution is 2.15. The Labute approximate surface area is 71.1 Å². The Bertz CT molecular complexity index is 248. The summed E-state index contributed by atoms with van der Waals surface area (Å²) < 4.78 is 0. The molecule has 0 bridgehead atoms. The normalized spacial score (nSPS) is 29.1. The van der Waals surface area contributed by atoms with E-state index in [2.05, 4.69) is 15.8 Å². The highest BCUT2D eigenvalue weighted by molar-refractivity contribution is 5.17. The Morgan fingerprint density at radius 2 is 2.50 bits per heavy atom. The summed E-state index contributed by atoms with van der Waals surface area (Å²) in [6.45, 7) is 0.805. The molecule has 1 aliphatic heterocycles. The maximum Gasteiger partial charge on any atom is 0.0641 e. The SMILES string of the molecule is NC1CNNC1c1cccnc1. The van der Waals surface area contributed by atoms with Crippen LogP contribution in [0, 0.1) is 0 Å². The van der Waals surface area contributed by atoms with Crippen LogP contribution in [0.5, 0.6) is 0 Å². The third kappa shape index (κ3) is 1.32. The van der Waals surface area contributed by atoms with Crippen molar-refractivity contribution in [3.63, 3.8) is 0 Å². The van der Waals surface area contributed by atoms with Gasteiger partial charge in [0.25, 0.3) is 0 Å². The van der Waals surface area contributed by atoms with Crippen molar-refractivity contribution < 1.29 is 0 Å². The Kier molecular flexibility index (Phi) is 2.03. The fourth-order valence-corrected chi connectivity index (χ4v) is 1.40. The predicted octanol–water partition coefficient (Wildman–Crippen LogP) is -0.442. The first-order chi connectivity index (χ1) is 5.88. The molecular weight excluding hydrogens is 152 g/mol. The van der Waals surface area contributed by atoms with Crippen molar-refractivity contribution >= 4 is 0 Å². The molecule has 0 radical (unpaired) electrons. The molecule has 1 aromatic heterocycles. The van der Waals surface area contributed by atoms with E-state index in [-0.39, 0.29) is 12.1 Å². The van der Waals surface area contributed by atoms with Gasteiger partial charge in [0, 0.05) is 25.0 Å². The van der Waals surface area contributed by atoms with Gasteiger partial charge in [0.2, 0.25) is 0 Å². The standard InChI is InChI=1S/C8H12N4/c9-7-5-11-12-8(7)6-2-1-3-10-4-6/h1-4,7-8,11-12H,5,9H2. The number of hydrogen-bond acceptors (Lipinski definition) is 4. The second-order valence-electron chi connectivity index (χ2n) is 2.95. The summed E-state index contributed by atoms with van der Waals surface area (Å²) in [4.78, 5) is 4.04. The number of hydrogen-bond donors (Lipinski definition) is 3. The second-order valence-corrected chi connectivity index (χ2v) is 2.95. The number of aromatic nitrogens is 1. The van der Waals surface area contributed by atoms with Crippen molar-refractivity contribution in [2.45, 2.75) is 12.1 Å². The monoisotopic (exact) mass is 164 g/mol. The molecule has 0 aliphatic carbocycles. The van der Waals surface area contributed by atoms with Crippen molar-refractivity contribution in [1.29, 1.82) is 0 Å². The molecule has 1 saturated heterocycles. The molecule has 1 aromatic rings. The second kappa shape index (κ2) is 3.18. The van der Waals surface area contributed by atoms with Crippen LogP contribution in [-0.4, -0.2) is 17.6 Å². The fraction of sp³-hybridized carbons (Fsp3) is 0.375. The van der Waals surface area contributed by atoms with Crippen LogP contribution in [0.4, 0.5) is 0 Å². The minimum absolute atomic E-state index is 0.134. The van der Waals surface area contributed by atoms with Gasteiger partial charge >= 0.3 is 0 Å².